The summed E-state index contributed by atoms with van der Waals surface area (Å²) in [5, 5.41) is 10.3. The molecular formula is C23H35N3O3. The van der Waals surface area contributed by atoms with E-state index in [-0.39, 0.29) is 6.61 Å². The Morgan fingerprint density at radius 3 is 2.52 bits per heavy atom. The molecule has 1 aromatic carbocycles. The van der Waals surface area contributed by atoms with E-state index >= 15 is 0 Å². The number of ether oxygens (including phenoxy) is 2. The normalized spacial score (nSPS) is 12.6. The molecule has 0 bridgehead atoms. The molecule has 0 radical (unpaired) electrons. The second kappa shape index (κ2) is 11.1. The van der Waals surface area contributed by atoms with Gasteiger partial charge in [-0.15, -0.1) is 0 Å². The maximum Gasteiger partial charge on any atom is 0.161 e. The van der Waals surface area contributed by atoms with Crippen LogP contribution in [0.3, 0.4) is 0 Å². The highest BCUT2D eigenvalue weighted by atomic mass is 16.5. The first kappa shape index (κ1) is 23.1. The van der Waals surface area contributed by atoms with Gasteiger partial charge in [0, 0.05) is 38.1 Å². The van der Waals surface area contributed by atoms with Gasteiger partial charge in [-0.1, -0.05) is 6.07 Å². The molecule has 6 nitrogen and oxygen atoms in total. The van der Waals surface area contributed by atoms with E-state index in [0.717, 1.165) is 18.7 Å². The summed E-state index contributed by atoms with van der Waals surface area (Å²) >= 11 is 0. The minimum atomic E-state index is -0.562. The van der Waals surface area contributed by atoms with Gasteiger partial charge in [0.25, 0.3) is 0 Å². The Kier molecular flexibility index (Phi) is 8.89. The van der Waals surface area contributed by atoms with Crippen molar-refractivity contribution >= 4 is 0 Å². The smallest absolute Gasteiger partial charge is 0.161 e. The number of nitrogens with zero attached hydrogens (tertiary/aromatic N) is 3. The van der Waals surface area contributed by atoms with E-state index in [1.54, 1.807) is 7.11 Å². The molecule has 1 atom stereocenters. The molecule has 0 saturated carbocycles. The molecule has 0 aliphatic rings. The average Bonchev–Trinajstić information content (AvgIpc) is 2.68. The van der Waals surface area contributed by atoms with Gasteiger partial charge in [0.1, 0.15) is 12.7 Å². The van der Waals surface area contributed by atoms with Gasteiger partial charge in [0.15, 0.2) is 11.5 Å². The topological polar surface area (TPSA) is 58.1 Å². The number of hydrogen-bond acceptors (Lipinski definition) is 6. The fraction of sp³-hybridized carbons (Fsp3) is 0.522. The first-order valence-electron chi connectivity index (χ1n) is 10.1. The predicted molar refractivity (Wildman–Crippen MR) is 116 cm³/mol. The quantitative estimate of drug-likeness (QED) is 0.624. The molecule has 1 aromatic heterocycles. The highest BCUT2D eigenvalue weighted by Crippen LogP contribution is 2.29. The van der Waals surface area contributed by atoms with Crippen LogP contribution >= 0.6 is 0 Å². The third-order valence-corrected chi connectivity index (χ3v) is 5.07. The van der Waals surface area contributed by atoms with Crippen molar-refractivity contribution in [2.24, 2.45) is 0 Å². The molecule has 2 rings (SSSR count). The second-order valence-corrected chi connectivity index (χ2v) is 7.96. The lowest BCUT2D eigenvalue weighted by Gasteiger charge is -2.24. The number of pyridine rings is 1. The number of benzene rings is 1. The Bertz CT molecular complexity index is 767. The number of hydrogen-bond donors (Lipinski definition) is 1. The lowest BCUT2D eigenvalue weighted by Crippen LogP contribution is -2.37. The summed E-state index contributed by atoms with van der Waals surface area (Å²) in [5.41, 5.74) is 3.59. The fourth-order valence-corrected chi connectivity index (χ4v) is 3.05. The number of aryl methyl sites for hydroxylation is 1. The fourth-order valence-electron chi connectivity index (χ4n) is 3.05. The maximum atomic E-state index is 10.3. The number of aliphatic hydroxyl groups is 1. The zero-order valence-electron chi connectivity index (χ0n) is 18.6. The van der Waals surface area contributed by atoms with Crippen LogP contribution in [0.4, 0.5) is 0 Å². The lowest BCUT2D eigenvalue weighted by atomic mass is 10.1. The number of methoxy groups -OCH3 is 1. The summed E-state index contributed by atoms with van der Waals surface area (Å²) in [6.45, 7) is 8.69. The van der Waals surface area contributed by atoms with E-state index in [0.29, 0.717) is 24.1 Å². The Labute approximate surface area is 175 Å². The van der Waals surface area contributed by atoms with Gasteiger partial charge in [-0.25, -0.2) is 0 Å². The van der Waals surface area contributed by atoms with Crippen molar-refractivity contribution in [3.63, 3.8) is 0 Å². The van der Waals surface area contributed by atoms with Crippen LogP contribution in [0.15, 0.2) is 36.7 Å². The van der Waals surface area contributed by atoms with Crippen LogP contribution in [0.5, 0.6) is 11.5 Å². The maximum absolute atomic E-state index is 10.3. The van der Waals surface area contributed by atoms with Crippen molar-refractivity contribution in [1.82, 2.24) is 14.8 Å². The second-order valence-electron chi connectivity index (χ2n) is 7.96. The lowest BCUT2D eigenvalue weighted by molar-refractivity contribution is 0.0668. The van der Waals surface area contributed by atoms with Gasteiger partial charge in [0.2, 0.25) is 0 Å². The molecular weight excluding hydrogens is 366 g/mol. The monoisotopic (exact) mass is 401 g/mol. The number of likely N-dealkylation sites (N-methyl/N-ethyl adjacent to an activating group) is 1. The molecule has 0 fully saturated rings. The summed E-state index contributed by atoms with van der Waals surface area (Å²) in [6, 6.07) is 8.40. The highest BCUT2D eigenvalue weighted by molar-refractivity contribution is 5.43. The molecule has 0 amide bonds. The van der Waals surface area contributed by atoms with E-state index in [1.807, 2.05) is 37.6 Å². The van der Waals surface area contributed by atoms with Crippen molar-refractivity contribution in [2.75, 3.05) is 34.4 Å². The van der Waals surface area contributed by atoms with Crippen molar-refractivity contribution in [3.8, 4) is 11.5 Å². The van der Waals surface area contributed by atoms with Gasteiger partial charge >= 0.3 is 0 Å². The van der Waals surface area contributed by atoms with Gasteiger partial charge in [-0.05, 0) is 69.8 Å². The molecule has 1 unspecified atom stereocenters. The summed E-state index contributed by atoms with van der Waals surface area (Å²) in [5.74, 6) is 1.33. The summed E-state index contributed by atoms with van der Waals surface area (Å²) in [7, 11) is 5.72. The van der Waals surface area contributed by atoms with E-state index < -0.39 is 6.10 Å². The van der Waals surface area contributed by atoms with Crippen LogP contribution in [0.25, 0.3) is 0 Å². The molecule has 1 N–H and O–H groups in total. The highest BCUT2D eigenvalue weighted by Gasteiger charge is 2.14. The number of rotatable bonds is 11. The molecule has 0 aliphatic carbocycles. The summed E-state index contributed by atoms with van der Waals surface area (Å²) in [4.78, 5) is 8.50. The van der Waals surface area contributed by atoms with E-state index in [2.05, 4.69) is 48.7 Å². The molecule has 0 aliphatic heterocycles. The molecule has 160 valence electrons. The Hall–Kier alpha value is -2.15. The van der Waals surface area contributed by atoms with Gasteiger partial charge in [-0.2, -0.15) is 0 Å². The van der Waals surface area contributed by atoms with Crippen LogP contribution in [0.1, 0.15) is 30.5 Å². The average molecular weight is 402 g/mol. The van der Waals surface area contributed by atoms with Crippen molar-refractivity contribution in [1.29, 1.82) is 0 Å². The minimum Gasteiger partial charge on any atom is -0.493 e. The van der Waals surface area contributed by atoms with Crippen LogP contribution < -0.4 is 9.47 Å². The van der Waals surface area contributed by atoms with Crippen molar-refractivity contribution < 1.29 is 14.6 Å². The predicted octanol–water partition coefficient (Wildman–Crippen LogP) is 3.11. The minimum absolute atomic E-state index is 0.225. The largest absolute Gasteiger partial charge is 0.493 e. The zero-order chi connectivity index (χ0) is 21.4. The van der Waals surface area contributed by atoms with Crippen LogP contribution in [-0.2, 0) is 13.1 Å². The molecule has 0 saturated heterocycles. The third kappa shape index (κ3) is 7.31. The van der Waals surface area contributed by atoms with Crippen LogP contribution in [-0.4, -0.2) is 66.4 Å². The van der Waals surface area contributed by atoms with Crippen LogP contribution in [0.2, 0.25) is 0 Å². The number of aliphatic hydroxyl groups excluding tert-OH is 1. The molecule has 0 spiro atoms. The molecule has 1 heterocycles. The first-order chi connectivity index (χ1) is 13.8. The van der Waals surface area contributed by atoms with E-state index in [1.165, 1.54) is 11.1 Å². The zero-order valence-corrected chi connectivity index (χ0v) is 18.6. The number of aromatic nitrogens is 1. The van der Waals surface area contributed by atoms with Gasteiger partial charge in [-0.3, -0.25) is 9.88 Å². The molecule has 2 aromatic rings. The SMILES string of the molecule is COc1ccc(CN(C)Cc2ccncc2C)cc1OCC(O)CN(C)C(C)C. The van der Waals surface area contributed by atoms with Crippen LogP contribution in [0, 0.1) is 6.92 Å². The Morgan fingerprint density at radius 2 is 1.86 bits per heavy atom. The van der Waals surface area contributed by atoms with Gasteiger partial charge in [0.05, 0.1) is 7.11 Å². The van der Waals surface area contributed by atoms with Gasteiger partial charge < -0.3 is 19.5 Å². The third-order valence-electron chi connectivity index (χ3n) is 5.07. The van der Waals surface area contributed by atoms with Crippen molar-refractivity contribution in [2.45, 2.75) is 46.0 Å². The molecule has 29 heavy (non-hydrogen) atoms. The van der Waals surface area contributed by atoms with Crippen molar-refractivity contribution in [3.05, 3.63) is 53.3 Å². The summed E-state index contributed by atoms with van der Waals surface area (Å²) < 4.78 is 11.3. The Balaban J connectivity index is 1.99. The van der Waals surface area contributed by atoms with E-state index in [9.17, 15) is 5.11 Å². The van der Waals surface area contributed by atoms with E-state index in [4.69, 9.17) is 9.47 Å². The first-order valence-corrected chi connectivity index (χ1v) is 10.1. The Morgan fingerprint density at radius 1 is 1.10 bits per heavy atom. The standard InChI is InChI=1S/C23H35N3O3/c1-17(2)26(5)15-21(27)16-29-23-11-19(7-8-22(23)28-6)13-25(4)14-20-9-10-24-12-18(20)3/h7-12,17,21,27H,13-16H2,1-6H3. The molecule has 6 heteroatoms. The summed E-state index contributed by atoms with van der Waals surface area (Å²) in [6.07, 6.45) is 3.16.